The molecule has 1 aromatic carbocycles. The number of Topliss-reactive ketones (excluding diaryl/α,β-unsaturated/α-hetero) is 1. The van der Waals surface area contributed by atoms with Crippen molar-refractivity contribution in [2.75, 3.05) is 6.61 Å². The first kappa shape index (κ1) is 17.2. The third kappa shape index (κ3) is 3.28. The van der Waals surface area contributed by atoms with E-state index in [0.29, 0.717) is 11.5 Å². The molecule has 0 radical (unpaired) electrons. The molecule has 124 valence electrons. The molecule has 0 N–H and O–H groups in total. The van der Waals surface area contributed by atoms with E-state index in [0.717, 1.165) is 5.56 Å². The standard InChI is InChI=1S/C18H22O5/c1-5-22-17(21)18(10-15(18)23-12(4)19)16(20)14-8-6-13(7-9-14)11(2)3/h6-9,11,15H,5,10H2,1-4H3/t15?,18-/m1/s1. The van der Waals surface area contributed by atoms with Crippen LogP contribution in [0.5, 0.6) is 0 Å². The maximum Gasteiger partial charge on any atom is 0.324 e. The molecule has 1 unspecified atom stereocenters. The molecule has 5 nitrogen and oxygen atoms in total. The zero-order valence-corrected chi connectivity index (χ0v) is 13.9. The van der Waals surface area contributed by atoms with Crippen molar-refractivity contribution in [3.05, 3.63) is 35.4 Å². The SMILES string of the molecule is CCOC(=O)[C@]1(C(=O)c2ccc(C(C)C)cc2)CC1OC(C)=O. The van der Waals surface area contributed by atoms with Crippen molar-refractivity contribution in [1.82, 2.24) is 0 Å². The van der Waals surface area contributed by atoms with Crippen molar-refractivity contribution in [3.63, 3.8) is 0 Å². The van der Waals surface area contributed by atoms with Gasteiger partial charge in [-0.25, -0.2) is 0 Å². The van der Waals surface area contributed by atoms with Gasteiger partial charge in [-0.3, -0.25) is 14.4 Å². The molecule has 0 heterocycles. The summed E-state index contributed by atoms with van der Waals surface area (Å²) in [5, 5.41) is 0. The Bertz CT molecular complexity index is 617. The molecule has 1 aromatic rings. The van der Waals surface area contributed by atoms with E-state index >= 15 is 0 Å². The van der Waals surface area contributed by atoms with Crippen LogP contribution in [0.1, 0.15) is 56.0 Å². The van der Waals surface area contributed by atoms with Crippen LogP contribution in [0.15, 0.2) is 24.3 Å². The van der Waals surface area contributed by atoms with E-state index in [2.05, 4.69) is 13.8 Å². The van der Waals surface area contributed by atoms with Crippen molar-refractivity contribution in [1.29, 1.82) is 0 Å². The van der Waals surface area contributed by atoms with Crippen LogP contribution in [-0.2, 0) is 19.1 Å². The van der Waals surface area contributed by atoms with E-state index in [-0.39, 0.29) is 18.8 Å². The van der Waals surface area contributed by atoms with Gasteiger partial charge in [0.2, 0.25) is 0 Å². The van der Waals surface area contributed by atoms with E-state index in [1.807, 2.05) is 12.1 Å². The summed E-state index contributed by atoms with van der Waals surface area (Å²) in [4.78, 5) is 36.3. The third-order valence-corrected chi connectivity index (χ3v) is 4.09. The second kappa shape index (κ2) is 6.52. The molecule has 1 aliphatic rings. The van der Waals surface area contributed by atoms with Gasteiger partial charge in [-0.1, -0.05) is 38.1 Å². The van der Waals surface area contributed by atoms with Crippen molar-refractivity contribution in [3.8, 4) is 0 Å². The van der Waals surface area contributed by atoms with Gasteiger partial charge in [-0.15, -0.1) is 0 Å². The molecule has 0 amide bonds. The van der Waals surface area contributed by atoms with Crippen LogP contribution in [0.3, 0.4) is 0 Å². The quantitative estimate of drug-likeness (QED) is 0.458. The number of benzene rings is 1. The Balaban J connectivity index is 2.27. The summed E-state index contributed by atoms with van der Waals surface area (Å²) in [6.07, 6.45) is -0.563. The second-order valence-electron chi connectivity index (χ2n) is 6.10. The van der Waals surface area contributed by atoms with Gasteiger partial charge in [0.1, 0.15) is 6.10 Å². The van der Waals surface area contributed by atoms with E-state index in [1.54, 1.807) is 19.1 Å². The topological polar surface area (TPSA) is 69.7 Å². The van der Waals surface area contributed by atoms with Crippen LogP contribution in [0.4, 0.5) is 0 Å². The molecule has 1 aliphatic carbocycles. The molecule has 0 spiro atoms. The van der Waals surface area contributed by atoms with Gasteiger partial charge >= 0.3 is 11.9 Å². The predicted molar refractivity (Wildman–Crippen MR) is 84.1 cm³/mol. The molecule has 0 saturated heterocycles. The van der Waals surface area contributed by atoms with E-state index in [9.17, 15) is 14.4 Å². The average Bonchev–Trinajstić information content (AvgIpc) is 3.21. The molecule has 2 atom stereocenters. The van der Waals surface area contributed by atoms with Crippen molar-refractivity contribution < 1.29 is 23.9 Å². The molecule has 1 saturated carbocycles. The molecule has 0 aromatic heterocycles. The van der Waals surface area contributed by atoms with E-state index in [1.165, 1.54) is 6.92 Å². The van der Waals surface area contributed by atoms with Crippen LogP contribution < -0.4 is 0 Å². The summed E-state index contributed by atoms with van der Waals surface area (Å²) in [5.41, 5.74) is 0.150. The fourth-order valence-corrected chi connectivity index (χ4v) is 2.66. The summed E-state index contributed by atoms with van der Waals surface area (Å²) in [6.45, 7) is 7.24. The fourth-order valence-electron chi connectivity index (χ4n) is 2.66. The number of ketones is 1. The highest BCUT2D eigenvalue weighted by atomic mass is 16.6. The number of hydrogen-bond donors (Lipinski definition) is 0. The lowest BCUT2D eigenvalue weighted by Crippen LogP contribution is -2.32. The molecule has 5 heteroatoms. The Morgan fingerprint density at radius 3 is 2.30 bits per heavy atom. The molecule has 1 fully saturated rings. The van der Waals surface area contributed by atoms with Gasteiger partial charge < -0.3 is 9.47 Å². The largest absolute Gasteiger partial charge is 0.465 e. The fraction of sp³-hybridized carbons (Fsp3) is 0.500. The zero-order chi connectivity index (χ0) is 17.2. The number of carbonyl (C=O) groups excluding carboxylic acids is 3. The van der Waals surface area contributed by atoms with Crippen LogP contribution in [0, 0.1) is 5.41 Å². The number of hydrogen-bond acceptors (Lipinski definition) is 5. The third-order valence-electron chi connectivity index (χ3n) is 4.09. The Kier molecular flexibility index (Phi) is 4.88. The first-order valence-electron chi connectivity index (χ1n) is 7.82. The number of ether oxygens (including phenoxy) is 2. The Morgan fingerprint density at radius 2 is 1.83 bits per heavy atom. The molecule has 23 heavy (non-hydrogen) atoms. The van der Waals surface area contributed by atoms with Crippen LogP contribution in [0.2, 0.25) is 0 Å². The van der Waals surface area contributed by atoms with Crippen LogP contribution >= 0.6 is 0 Å². The smallest absolute Gasteiger partial charge is 0.324 e. The summed E-state index contributed by atoms with van der Waals surface area (Å²) in [7, 11) is 0. The maximum absolute atomic E-state index is 12.8. The highest BCUT2D eigenvalue weighted by Gasteiger charge is 2.69. The molecule has 0 aliphatic heterocycles. The first-order chi connectivity index (χ1) is 10.8. The number of rotatable bonds is 6. The molecule has 2 rings (SSSR count). The lowest BCUT2D eigenvalue weighted by molar-refractivity contribution is -0.151. The normalized spacial score (nSPS) is 22.6. The lowest BCUT2D eigenvalue weighted by atomic mass is 9.92. The van der Waals surface area contributed by atoms with Gasteiger partial charge in [-0.2, -0.15) is 0 Å². The van der Waals surface area contributed by atoms with Crippen LogP contribution in [0.25, 0.3) is 0 Å². The van der Waals surface area contributed by atoms with Crippen molar-refractivity contribution >= 4 is 17.7 Å². The van der Waals surface area contributed by atoms with E-state index < -0.39 is 23.5 Å². The van der Waals surface area contributed by atoms with Gasteiger partial charge in [0.05, 0.1) is 6.61 Å². The summed E-state index contributed by atoms with van der Waals surface area (Å²) >= 11 is 0. The highest BCUT2D eigenvalue weighted by molar-refractivity contribution is 6.16. The van der Waals surface area contributed by atoms with Gasteiger partial charge in [-0.05, 0) is 18.4 Å². The Hall–Kier alpha value is -2.17. The molecular weight excluding hydrogens is 296 g/mol. The minimum absolute atomic E-state index is 0.174. The predicted octanol–water partition coefficient (Wildman–Crippen LogP) is 2.88. The maximum atomic E-state index is 12.8. The average molecular weight is 318 g/mol. The monoisotopic (exact) mass is 318 g/mol. The summed E-state index contributed by atoms with van der Waals surface area (Å²) < 4.78 is 10.1. The van der Waals surface area contributed by atoms with Crippen molar-refractivity contribution in [2.45, 2.75) is 46.1 Å². The van der Waals surface area contributed by atoms with Crippen LogP contribution in [-0.4, -0.2) is 30.4 Å². The Morgan fingerprint density at radius 1 is 1.22 bits per heavy atom. The number of carbonyl (C=O) groups is 3. The van der Waals surface area contributed by atoms with Gasteiger partial charge in [0.25, 0.3) is 0 Å². The van der Waals surface area contributed by atoms with Crippen molar-refractivity contribution in [2.24, 2.45) is 5.41 Å². The highest BCUT2D eigenvalue weighted by Crippen LogP contribution is 2.52. The minimum Gasteiger partial charge on any atom is -0.465 e. The van der Waals surface area contributed by atoms with E-state index in [4.69, 9.17) is 9.47 Å². The van der Waals surface area contributed by atoms with Gasteiger partial charge in [0, 0.05) is 18.9 Å². The van der Waals surface area contributed by atoms with Gasteiger partial charge in [0.15, 0.2) is 11.2 Å². The Labute approximate surface area is 136 Å². The summed E-state index contributed by atoms with van der Waals surface area (Å²) in [6, 6.07) is 7.17. The second-order valence-corrected chi connectivity index (χ2v) is 6.10. The first-order valence-corrected chi connectivity index (χ1v) is 7.82. The minimum atomic E-state index is -1.39. The molecule has 0 bridgehead atoms. The number of esters is 2. The summed E-state index contributed by atoms with van der Waals surface area (Å²) in [5.74, 6) is -1.13. The molecular formula is C18H22O5. The lowest BCUT2D eigenvalue weighted by Gasteiger charge is -2.15. The zero-order valence-electron chi connectivity index (χ0n) is 13.9.